The van der Waals surface area contributed by atoms with Gasteiger partial charge in [-0.25, -0.2) is 0 Å². The van der Waals surface area contributed by atoms with E-state index in [4.69, 9.17) is 0 Å². The van der Waals surface area contributed by atoms with E-state index in [9.17, 15) is 4.79 Å². The third kappa shape index (κ3) is 3.84. The number of Topliss-reactive ketones (excluding diaryl/α,β-unsaturated/α-hetero) is 1. The second-order valence-electron chi connectivity index (χ2n) is 7.21. The zero-order valence-electron chi connectivity index (χ0n) is 15.8. The van der Waals surface area contributed by atoms with Crippen LogP contribution in [0.15, 0.2) is 53.9 Å². The van der Waals surface area contributed by atoms with Gasteiger partial charge in [-0.15, -0.1) is 11.3 Å². The molecule has 0 saturated carbocycles. The van der Waals surface area contributed by atoms with E-state index in [0.717, 1.165) is 34.8 Å². The van der Waals surface area contributed by atoms with E-state index >= 15 is 0 Å². The molecule has 0 spiro atoms. The van der Waals surface area contributed by atoms with Crippen LogP contribution in [0.4, 0.5) is 0 Å². The van der Waals surface area contributed by atoms with Crippen molar-refractivity contribution in [1.82, 2.24) is 4.98 Å². The lowest BCUT2D eigenvalue weighted by atomic mass is 10.0. The molecule has 0 bridgehead atoms. The molecule has 27 heavy (non-hydrogen) atoms. The lowest BCUT2D eigenvalue weighted by Crippen LogP contribution is -1.98. The number of benzene rings is 2. The number of carbonyl (C=O) groups is 1. The number of carbonyl (C=O) groups excluding carboxylic acids is 1. The SMILES string of the molecule is CCCCCCCC(=O)c1ccc2[nH]c3ccc(-c4cccs4)cc3c2c1. The van der Waals surface area contributed by atoms with Gasteiger partial charge in [-0.2, -0.15) is 0 Å². The highest BCUT2D eigenvalue weighted by Gasteiger charge is 2.11. The lowest BCUT2D eigenvalue weighted by molar-refractivity contribution is 0.0979. The summed E-state index contributed by atoms with van der Waals surface area (Å²) >= 11 is 1.75. The summed E-state index contributed by atoms with van der Waals surface area (Å²) < 4.78 is 0. The number of H-pyrrole nitrogens is 1. The summed E-state index contributed by atoms with van der Waals surface area (Å²) in [5.41, 5.74) is 4.27. The highest BCUT2D eigenvalue weighted by molar-refractivity contribution is 7.13. The Hall–Kier alpha value is -2.39. The maximum atomic E-state index is 12.6. The standard InChI is InChI=1S/C24H25NOS/c1-2-3-4-5-6-8-23(26)17-10-12-21-19(15-17)20-16-18(11-13-22(20)25-21)24-9-7-14-27-24/h7,9-16,25H,2-6,8H2,1H3. The van der Waals surface area contributed by atoms with Crippen LogP contribution in [0.25, 0.3) is 32.2 Å². The Morgan fingerprint density at radius 3 is 2.48 bits per heavy atom. The summed E-state index contributed by atoms with van der Waals surface area (Å²) in [7, 11) is 0. The van der Waals surface area contributed by atoms with E-state index in [1.54, 1.807) is 11.3 Å². The van der Waals surface area contributed by atoms with Crippen molar-refractivity contribution in [2.45, 2.75) is 45.4 Å². The summed E-state index contributed by atoms with van der Waals surface area (Å²) in [6.45, 7) is 2.21. The van der Waals surface area contributed by atoms with Crippen LogP contribution in [0, 0.1) is 0 Å². The van der Waals surface area contributed by atoms with Gasteiger partial charge in [-0.3, -0.25) is 4.79 Å². The molecule has 1 N–H and O–H groups in total. The summed E-state index contributed by atoms with van der Waals surface area (Å²) in [6.07, 6.45) is 6.53. The van der Waals surface area contributed by atoms with Gasteiger partial charge in [-0.1, -0.05) is 44.7 Å². The van der Waals surface area contributed by atoms with E-state index in [2.05, 4.69) is 53.7 Å². The molecule has 0 radical (unpaired) electrons. The molecule has 0 aliphatic carbocycles. The van der Waals surface area contributed by atoms with Gasteiger partial charge in [0.2, 0.25) is 0 Å². The topological polar surface area (TPSA) is 32.9 Å². The minimum absolute atomic E-state index is 0.261. The first-order valence-corrected chi connectivity index (χ1v) is 10.8. The molecule has 4 aromatic rings. The fourth-order valence-corrected chi connectivity index (χ4v) is 4.42. The predicted octanol–water partition coefficient (Wildman–Crippen LogP) is 7.59. The zero-order valence-corrected chi connectivity index (χ0v) is 16.6. The van der Waals surface area contributed by atoms with Crippen LogP contribution in [-0.2, 0) is 0 Å². The van der Waals surface area contributed by atoms with Crippen LogP contribution in [0.3, 0.4) is 0 Å². The first kappa shape index (κ1) is 18.0. The number of thiophene rings is 1. The van der Waals surface area contributed by atoms with Crippen molar-refractivity contribution >= 4 is 38.9 Å². The van der Waals surface area contributed by atoms with Crippen molar-refractivity contribution in [3.63, 3.8) is 0 Å². The van der Waals surface area contributed by atoms with Gasteiger partial charge >= 0.3 is 0 Å². The Morgan fingerprint density at radius 1 is 0.926 bits per heavy atom. The number of fused-ring (bicyclic) bond motifs is 3. The molecule has 2 aromatic carbocycles. The highest BCUT2D eigenvalue weighted by Crippen LogP contribution is 2.32. The number of unbranched alkanes of at least 4 members (excludes halogenated alkanes) is 4. The molecular weight excluding hydrogens is 350 g/mol. The number of hydrogen-bond acceptors (Lipinski definition) is 2. The molecule has 0 saturated heterocycles. The van der Waals surface area contributed by atoms with Crippen LogP contribution in [0.1, 0.15) is 55.8 Å². The molecular formula is C24H25NOS. The van der Waals surface area contributed by atoms with Gasteiger partial charge in [-0.05, 0) is 53.8 Å². The normalized spacial score (nSPS) is 11.4. The van der Waals surface area contributed by atoms with Crippen molar-refractivity contribution < 1.29 is 4.79 Å². The van der Waals surface area contributed by atoms with Crippen LogP contribution in [-0.4, -0.2) is 10.8 Å². The first-order valence-electron chi connectivity index (χ1n) is 9.89. The van der Waals surface area contributed by atoms with E-state index in [-0.39, 0.29) is 5.78 Å². The molecule has 0 unspecified atom stereocenters. The first-order chi connectivity index (χ1) is 13.3. The van der Waals surface area contributed by atoms with Crippen molar-refractivity contribution in [3.8, 4) is 10.4 Å². The second-order valence-corrected chi connectivity index (χ2v) is 8.16. The molecule has 2 heterocycles. The molecule has 0 fully saturated rings. The third-order valence-corrected chi connectivity index (χ3v) is 6.15. The van der Waals surface area contributed by atoms with E-state index < -0.39 is 0 Å². The number of ketones is 1. The number of rotatable bonds is 8. The van der Waals surface area contributed by atoms with E-state index in [1.807, 2.05) is 12.1 Å². The fourth-order valence-electron chi connectivity index (χ4n) is 3.70. The lowest BCUT2D eigenvalue weighted by Gasteiger charge is -2.03. The van der Waals surface area contributed by atoms with Crippen LogP contribution in [0.2, 0.25) is 0 Å². The van der Waals surface area contributed by atoms with Crippen molar-refractivity contribution in [3.05, 3.63) is 59.5 Å². The summed E-state index contributed by atoms with van der Waals surface area (Å²) in [5.74, 6) is 0.261. The zero-order chi connectivity index (χ0) is 18.6. The largest absolute Gasteiger partial charge is 0.355 e. The van der Waals surface area contributed by atoms with E-state index in [1.165, 1.54) is 35.1 Å². The number of aromatic amines is 1. The van der Waals surface area contributed by atoms with Crippen molar-refractivity contribution in [1.29, 1.82) is 0 Å². The number of hydrogen-bond donors (Lipinski definition) is 1. The van der Waals surface area contributed by atoms with Crippen LogP contribution in [0.5, 0.6) is 0 Å². The third-order valence-electron chi connectivity index (χ3n) is 5.23. The van der Waals surface area contributed by atoms with Gasteiger partial charge in [0.15, 0.2) is 5.78 Å². The van der Waals surface area contributed by atoms with Crippen LogP contribution < -0.4 is 0 Å². The minimum Gasteiger partial charge on any atom is -0.355 e. The molecule has 3 heteroatoms. The molecule has 4 rings (SSSR count). The van der Waals surface area contributed by atoms with Gasteiger partial charge < -0.3 is 4.98 Å². The maximum Gasteiger partial charge on any atom is 0.162 e. The summed E-state index contributed by atoms with van der Waals surface area (Å²) in [4.78, 5) is 17.4. The quantitative estimate of drug-likeness (QED) is 0.250. The smallest absolute Gasteiger partial charge is 0.162 e. The number of aromatic nitrogens is 1. The van der Waals surface area contributed by atoms with Gasteiger partial charge in [0.05, 0.1) is 0 Å². The molecule has 2 aromatic heterocycles. The molecule has 138 valence electrons. The Labute approximate surface area is 164 Å². The van der Waals surface area contributed by atoms with Gasteiger partial charge in [0.1, 0.15) is 0 Å². The van der Waals surface area contributed by atoms with E-state index in [0.29, 0.717) is 6.42 Å². The van der Waals surface area contributed by atoms with Crippen LogP contribution >= 0.6 is 11.3 Å². The summed E-state index contributed by atoms with van der Waals surface area (Å²) in [5, 5.41) is 4.43. The Balaban J connectivity index is 1.61. The maximum absolute atomic E-state index is 12.6. The van der Waals surface area contributed by atoms with Crippen molar-refractivity contribution in [2.24, 2.45) is 0 Å². The molecule has 0 aliphatic heterocycles. The highest BCUT2D eigenvalue weighted by atomic mass is 32.1. The van der Waals surface area contributed by atoms with Gasteiger partial charge in [0.25, 0.3) is 0 Å². The Bertz CT molecular complexity index is 1060. The second kappa shape index (κ2) is 8.10. The average Bonchev–Trinajstić information content (AvgIpc) is 3.34. The predicted molar refractivity (Wildman–Crippen MR) is 117 cm³/mol. The van der Waals surface area contributed by atoms with Crippen molar-refractivity contribution in [2.75, 3.05) is 0 Å². The molecule has 0 atom stereocenters. The Morgan fingerprint density at radius 2 is 1.70 bits per heavy atom. The fraction of sp³-hybridized carbons (Fsp3) is 0.292. The molecule has 0 amide bonds. The number of nitrogens with one attached hydrogen (secondary N) is 1. The summed E-state index contributed by atoms with van der Waals surface area (Å²) in [6, 6.07) is 16.8. The monoisotopic (exact) mass is 375 g/mol. The average molecular weight is 376 g/mol. The molecule has 0 aliphatic rings. The Kier molecular flexibility index (Phi) is 5.40. The van der Waals surface area contributed by atoms with Gasteiger partial charge in [0, 0.05) is 38.7 Å². The molecule has 2 nitrogen and oxygen atoms in total. The minimum atomic E-state index is 0.261.